The van der Waals surface area contributed by atoms with E-state index in [1.807, 2.05) is 0 Å². The molecule has 0 aliphatic carbocycles. The van der Waals surface area contributed by atoms with Crippen LogP contribution in [0.2, 0.25) is 0 Å². The molecule has 0 saturated carbocycles. The number of nitrogens with one attached hydrogen (secondary N) is 1. The first-order valence-corrected chi connectivity index (χ1v) is 7.47. The van der Waals surface area contributed by atoms with Gasteiger partial charge in [-0.2, -0.15) is 0 Å². The van der Waals surface area contributed by atoms with Gasteiger partial charge in [-0.15, -0.1) is 0 Å². The molecular formula is C17H30N2. The van der Waals surface area contributed by atoms with Crippen molar-refractivity contribution in [2.24, 2.45) is 0 Å². The minimum absolute atomic E-state index is 0.407. The summed E-state index contributed by atoms with van der Waals surface area (Å²) >= 11 is 0. The molecule has 1 unspecified atom stereocenters. The Morgan fingerprint density at radius 2 is 1.58 bits per heavy atom. The number of hydrogen-bond donors (Lipinski definition) is 1. The molecule has 1 aromatic rings. The number of benzene rings is 1. The Morgan fingerprint density at radius 3 is 2.00 bits per heavy atom. The number of aryl methyl sites for hydroxylation is 2. The zero-order valence-electron chi connectivity index (χ0n) is 13.5. The number of rotatable bonds is 7. The first-order valence-electron chi connectivity index (χ1n) is 7.47. The number of hydrogen-bond acceptors (Lipinski definition) is 2. The van der Waals surface area contributed by atoms with Crippen LogP contribution in [-0.4, -0.2) is 31.6 Å². The molecule has 0 fully saturated rings. The second-order valence-corrected chi connectivity index (χ2v) is 5.67. The second-order valence-electron chi connectivity index (χ2n) is 5.67. The topological polar surface area (TPSA) is 15.3 Å². The predicted octanol–water partition coefficient (Wildman–Crippen LogP) is 3.68. The maximum atomic E-state index is 3.47. The van der Waals surface area contributed by atoms with Crippen molar-refractivity contribution < 1.29 is 0 Å². The summed E-state index contributed by atoms with van der Waals surface area (Å²) in [6, 6.07) is 7.93. The molecule has 19 heavy (non-hydrogen) atoms. The van der Waals surface area contributed by atoms with E-state index in [2.05, 4.69) is 70.2 Å². The molecule has 1 rings (SSSR count). The van der Waals surface area contributed by atoms with E-state index in [0.717, 1.165) is 6.54 Å². The molecule has 0 saturated heterocycles. The maximum absolute atomic E-state index is 3.47. The normalized spacial score (nSPS) is 13.3. The monoisotopic (exact) mass is 262 g/mol. The molecule has 0 amide bonds. The zero-order chi connectivity index (χ0) is 14.4. The second kappa shape index (κ2) is 7.66. The standard InChI is InChI=1S/C17H30N2/c1-7-16(8-2)19(6)12-17(18-5)15-10-13(3)9-14(4)11-15/h9-11,16-18H,7-8,12H2,1-6H3. The summed E-state index contributed by atoms with van der Waals surface area (Å²) in [4.78, 5) is 2.48. The molecule has 0 bridgehead atoms. The van der Waals surface area contributed by atoms with E-state index in [1.165, 1.54) is 29.5 Å². The third kappa shape index (κ3) is 4.63. The van der Waals surface area contributed by atoms with E-state index in [0.29, 0.717) is 12.1 Å². The van der Waals surface area contributed by atoms with Crippen molar-refractivity contribution in [1.82, 2.24) is 10.2 Å². The lowest BCUT2D eigenvalue weighted by atomic mass is 10.00. The van der Waals surface area contributed by atoms with Gasteiger partial charge in [-0.3, -0.25) is 0 Å². The minimum atomic E-state index is 0.407. The van der Waals surface area contributed by atoms with E-state index in [1.54, 1.807) is 0 Å². The van der Waals surface area contributed by atoms with Crippen molar-refractivity contribution in [2.45, 2.75) is 52.6 Å². The molecule has 2 heteroatoms. The molecule has 0 heterocycles. The molecule has 2 nitrogen and oxygen atoms in total. The maximum Gasteiger partial charge on any atom is 0.0447 e. The summed E-state index contributed by atoms with van der Waals surface area (Å²) in [5, 5.41) is 3.47. The number of likely N-dealkylation sites (N-methyl/N-ethyl adjacent to an activating group) is 2. The van der Waals surface area contributed by atoms with E-state index in [-0.39, 0.29) is 0 Å². The van der Waals surface area contributed by atoms with Gasteiger partial charge in [0, 0.05) is 18.6 Å². The fourth-order valence-corrected chi connectivity index (χ4v) is 2.92. The lowest BCUT2D eigenvalue weighted by Gasteiger charge is -2.30. The van der Waals surface area contributed by atoms with Crippen LogP contribution in [0.1, 0.15) is 49.4 Å². The first kappa shape index (κ1) is 16.2. The quantitative estimate of drug-likeness (QED) is 0.806. The summed E-state index contributed by atoms with van der Waals surface area (Å²) in [5.74, 6) is 0. The van der Waals surface area contributed by atoms with Gasteiger partial charge in [0.05, 0.1) is 0 Å². The van der Waals surface area contributed by atoms with Crippen LogP contribution < -0.4 is 5.32 Å². The summed E-state index contributed by atoms with van der Waals surface area (Å²) in [6.45, 7) is 9.96. The summed E-state index contributed by atoms with van der Waals surface area (Å²) in [5.41, 5.74) is 4.10. The van der Waals surface area contributed by atoms with E-state index >= 15 is 0 Å². The zero-order valence-corrected chi connectivity index (χ0v) is 13.5. The lowest BCUT2D eigenvalue weighted by Crippen LogP contribution is -2.37. The fraction of sp³-hybridized carbons (Fsp3) is 0.647. The van der Waals surface area contributed by atoms with Crippen LogP contribution in [0.15, 0.2) is 18.2 Å². The van der Waals surface area contributed by atoms with Gasteiger partial charge in [-0.05, 0) is 46.3 Å². The smallest absolute Gasteiger partial charge is 0.0447 e. The van der Waals surface area contributed by atoms with Gasteiger partial charge in [0.2, 0.25) is 0 Å². The van der Waals surface area contributed by atoms with Gasteiger partial charge in [0.15, 0.2) is 0 Å². The molecular weight excluding hydrogens is 232 g/mol. The summed E-state index contributed by atoms with van der Waals surface area (Å²) in [7, 11) is 4.30. The molecule has 0 aromatic heterocycles. The average Bonchev–Trinajstić information content (AvgIpc) is 2.36. The van der Waals surface area contributed by atoms with Gasteiger partial charge in [-0.1, -0.05) is 43.2 Å². The molecule has 1 aromatic carbocycles. The SMILES string of the molecule is CCC(CC)N(C)CC(NC)c1cc(C)cc(C)c1. The Hall–Kier alpha value is -0.860. The molecule has 1 N–H and O–H groups in total. The van der Waals surface area contributed by atoms with Gasteiger partial charge < -0.3 is 10.2 Å². The molecule has 0 radical (unpaired) electrons. The van der Waals surface area contributed by atoms with E-state index in [9.17, 15) is 0 Å². The lowest BCUT2D eigenvalue weighted by molar-refractivity contribution is 0.209. The predicted molar refractivity (Wildman–Crippen MR) is 84.7 cm³/mol. The average molecular weight is 262 g/mol. The highest BCUT2D eigenvalue weighted by Gasteiger charge is 2.17. The first-order chi connectivity index (χ1) is 9.01. The van der Waals surface area contributed by atoms with Crippen LogP contribution in [0.4, 0.5) is 0 Å². The van der Waals surface area contributed by atoms with Gasteiger partial charge in [0.1, 0.15) is 0 Å². The third-order valence-electron chi connectivity index (χ3n) is 4.03. The van der Waals surface area contributed by atoms with Crippen molar-refractivity contribution in [3.05, 3.63) is 34.9 Å². The van der Waals surface area contributed by atoms with Gasteiger partial charge in [-0.25, -0.2) is 0 Å². The minimum Gasteiger partial charge on any atom is -0.312 e. The van der Waals surface area contributed by atoms with Crippen molar-refractivity contribution in [1.29, 1.82) is 0 Å². The highest BCUT2D eigenvalue weighted by Crippen LogP contribution is 2.19. The Balaban J connectivity index is 2.82. The fourth-order valence-electron chi connectivity index (χ4n) is 2.92. The van der Waals surface area contributed by atoms with Crippen molar-refractivity contribution in [3.63, 3.8) is 0 Å². The summed E-state index contributed by atoms with van der Waals surface area (Å²) in [6.07, 6.45) is 2.44. The van der Waals surface area contributed by atoms with Crippen LogP contribution in [0.25, 0.3) is 0 Å². The van der Waals surface area contributed by atoms with E-state index in [4.69, 9.17) is 0 Å². The number of nitrogens with zero attached hydrogens (tertiary/aromatic N) is 1. The molecule has 108 valence electrons. The van der Waals surface area contributed by atoms with Crippen molar-refractivity contribution in [2.75, 3.05) is 20.6 Å². The van der Waals surface area contributed by atoms with E-state index < -0.39 is 0 Å². The van der Waals surface area contributed by atoms with Crippen LogP contribution in [0.3, 0.4) is 0 Å². The third-order valence-corrected chi connectivity index (χ3v) is 4.03. The van der Waals surface area contributed by atoms with Crippen molar-refractivity contribution in [3.8, 4) is 0 Å². The van der Waals surface area contributed by atoms with Crippen LogP contribution in [0, 0.1) is 13.8 Å². The Kier molecular flexibility index (Phi) is 6.53. The highest BCUT2D eigenvalue weighted by atomic mass is 15.1. The summed E-state index contributed by atoms with van der Waals surface area (Å²) < 4.78 is 0. The Morgan fingerprint density at radius 1 is 1.05 bits per heavy atom. The van der Waals surface area contributed by atoms with Gasteiger partial charge in [0.25, 0.3) is 0 Å². The molecule has 0 aliphatic rings. The van der Waals surface area contributed by atoms with Crippen LogP contribution in [-0.2, 0) is 0 Å². The molecule has 0 spiro atoms. The van der Waals surface area contributed by atoms with Crippen molar-refractivity contribution >= 4 is 0 Å². The highest BCUT2D eigenvalue weighted by molar-refractivity contribution is 5.30. The molecule has 1 atom stereocenters. The van der Waals surface area contributed by atoms with Crippen LogP contribution >= 0.6 is 0 Å². The largest absolute Gasteiger partial charge is 0.312 e. The Bertz CT molecular complexity index is 363. The van der Waals surface area contributed by atoms with Crippen LogP contribution in [0.5, 0.6) is 0 Å². The van der Waals surface area contributed by atoms with Gasteiger partial charge >= 0.3 is 0 Å². The molecule has 0 aliphatic heterocycles. The Labute approximate surface area is 119 Å².